The van der Waals surface area contributed by atoms with Crippen LogP contribution in [0.1, 0.15) is 28.8 Å². The number of nitrogens with zero attached hydrogens (tertiary/aromatic N) is 2. The van der Waals surface area contributed by atoms with Crippen LogP contribution in [0.15, 0.2) is 23.2 Å². The lowest BCUT2D eigenvalue weighted by atomic mass is 10.2. The third-order valence-corrected chi connectivity index (χ3v) is 6.86. The maximum Gasteiger partial charge on any atom is 0.233 e. The van der Waals surface area contributed by atoms with Gasteiger partial charge in [-0.1, -0.05) is 17.8 Å². The van der Waals surface area contributed by atoms with Crippen LogP contribution in [-0.2, 0) is 11.3 Å². The molecule has 2 aromatic heterocycles. The molecular weight excluding hydrogens is 394 g/mol. The molecule has 8 heteroatoms. The number of aromatic nitrogens is 2. The van der Waals surface area contributed by atoms with Crippen molar-refractivity contribution in [3.8, 4) is 11.5 Å². The topological polar surface area (TPSA) is 73.3 Å². The smallest absolute Gasteiger partial charge is 0.233 e. The van der Waals surface area contributed by atoms with Crippen LogP contribution in [0, 0.1) is 20.8 Å². The van der Waals surface area contributed by atoms with Crippen LogP contribution < -0.4 is 14.8 Å². The summed E-state index contributed by atoms with van der Waals surface area (Å²) >= 11 is 3.15. The predicted molar refractivity (Wildman–Crippen MR) is 111 cm³/mol. The van der Waals surface area contributed by atoms with Gasteiger partial charge in [-0.25, -0.2) is 9.97 Å². The average Bonchev–Trinajstić information content (AvgIpc) is 3.23. The molecule has 0 saturated heterocycles. The summed E-state index contributed by atoms with van der Waals surface area (Å²) < 4.78 is 10.7. The van der Waals surface area contributed by atoms with E-state index in [1.165, 1.54) is 22.2 Å². The molecule has 3 aromatic rings. The highest BCUT2D eigenvalue weighted by Gasteiger charge is 2.20. The number of hydrogen-bond donors (Lipinski definition) is 1. The van der Waals surface area contributed by atoms with Crippen LogP contribution in [0.2, 0.25) is 0 Å². The van der Waals surface area contributed by atoms with Crippen molar-refractivity contribution in [2.24, 2.45) is 0 Å². The highest BCUT2D eigenvalue weighted by molar-refractivity contribution is 8.00. The maximum atomic E-state index is 12.6. The number of carbonyl (C=O) groups excluding carboxylic acids is 1. The zero-order valence-electron chi connectivity index (χ0n) is 16.2. The second kappa shape index (κ2) is 7.60. The summed E-state index contributed by atoms with van der Waals surface area (Å²) in [6.07, 6.45) is 0. The first kappa shape index (κ1) is 19.0. The van der Waals surface area contributed by atoms with E-state index < -0.39 is 0 Å². The van der Waals surface area contributed by atoms with Gasteiger partial charge in [-0.05, 0) is 51.0 Å². The molecule has 0 spiro atoms. The summed E-state index contributed by atoms with van der Waals surface area (Å²) in [6, 6.07) is 5.69. The first-order valence-electron chi connectivity index (χ1n) is 8.99. The largest absolute Gasteiger partial charge is 0.454 e. The van der Waals surface area contributed by atoms with E-state index in [4.69, 9.17) is 9.47 Å². The highest BCUT2D eigenvalue weighted by Crippen LogP contribution is 2.36. The molecule has 1 atom stereocenters. The standard InChI is InChI=1S/C20H21N3O3S2/c1-10-11(2)27-19-17(10)20(23-13(4)22-19)28-12(3)18(24)21-8-14-5-6-15-16(7-14)26-9-25-15/h5-7,12H,8-9H2,1-4H3,(H,21,24)/t12-/m1/s1. The lowest BCUT2D eigenvalue weighted by Crippen LogP contribution is -2.30. The van der Waals surface area contributed by atoms with Gasteiger partial charge in [-0.15, -0.1) is 11.3 Å². The van der Waals surface area contributed by atoms with Crippen molar-refractivity contribution in [1.29, 1.82) is 0 Å². The van der Waals surface area contributed by atoms with E-state index in [-0.39, 0.29) is 18.0 Å². The molecule has 1 N–H and O–H groups in total. The number of ether oxygens (including phenoxy) is 2. The fraction of sp³-hybridized carbons (Fsp3) is 0.350. The van der Waals surface area contributed by atoms with Gasteiger partial charge in [-0.2, -0.15) is 0 Å². The number of fused-ring (bicyclic) bond motifs is 2. The summed E-state index contributed by atoms with van der Waals surface area (Å²) in [7, 11) is 0. The quantitative estimate of drug-likeness (QED) is 0.499. The van der Waals surface area contributed by atoms with Crippen LogP contribution in [0.3, 0.4) is 0 Å². The molecule has 4 rings (SSSR count). The molecular formula is C20H21N3O3S2. The van der Waals surface area contributed by atoms with Gasteiger partial charge in [0.2, 0.25) is 12.7 Å². The van der Waals surface area contributed by atoms with Gasteiger partial charge in [0, 0.05) is 16.8 Å². The number of benzene rings is 1. The normalized spacial score (nSPS) is 13.7. The maximum absolute atomic E-state index is 12.6. The number of rotatable bonds is 5. The molecule has 0 radical (unpaired) electrons. The van der Waals surface area contributed by atoms with Crippen molar-refractivity contribution < 1.29 is 14.3 Å². The summed E-state index contributed by atoms with van der Waals surface area (Å²) in [5.41, 5.74) is 2.16. The molecule has 1 aliphatic heterocycles. The van der Waals surface area contributed by atoms with Crippen molar-refractivity contribution in [3.63, 3.8) is 0 Å². The Labute approximate surface area is 171 Å². The summed E-state index contributed by atoms with van der Waals surface area (Å²) in [6.45, 7) is 8.65. The van der Waals surface area contributed by atoms with E-state index in [0.717, 1.165) is 38.1 Å². The summed E-state index contributed by atoms with van der Waals surface area (Å²) in [4.78, 5) is 24.0. The Morgan fingerprint density at radius 1 is 1.25 bits per heavy atom. The second-order valence-electron chi connectivity index (χ2n) is 6.70. The van der Waals surface area contributed by atoms with Crippen LogP contribution in [0.4, 0.5) is 0 Å². The molecule has 6 nitrogen and oxygen atoms in total. The van der Waals surface area contributed by atoms with Crippen LogP contribution in [0.25, 0.3) is 10.2 Å². The van der Waals surface area contributed by atoms with Crippen molar-refractivity contribution >= 4 is 39.2 Å². The van der Waals surface area contributed by atoms with Gasteiger partial charge in [0.15, 0.2) is 11.5 Å². The van der Waals surface area contributed by atoms with Gasteiger partial charge in [0.1, 0.15) is 15.7 Å². The number of aryl methyl sites for hydroxylation is 3. The van der Waals surface area contributed by atoms with E-state index in [9.17, 15) is 4.79 Å². The van der Waals surface area contributed by atoms with Crippen molar-refractivity contribution in [3.05, 3.63) is 40.0 Å². The van der Waals surface area contributed by atoms with Gasteiger partial charge in [0.05, 0.1) is 5.25 Å². The Morgan fingerprint density at radius 2 is 2.04 bits per heavy atom. The Balaban J connectivity index is 1.45. The van der Waals surface area contributed by atoms with Crippen LogP contribution in [-0.4, -0.2) is 27.9 Å². The molecule has 28 heavy (non-hydrogen) atoms. The molecule has 0 fully saturated rings. The fourth-order valence-electron chi connectivity index (χ4n) is 3.00. The first-order chi connectivity index (χ1) is 13.4. The molecule has 0 unspecified atom stereocenters. The minimum Gasteiger partial charge on any atom is -0.454 e. The molecule has 1 aliphatic rings. The van der Waals surface area contributed by atoms with Crippen molar-refractivity contribution in [2.75, 3.05) is 6.79 Å². The minimum atomic E-state index is -0.272. The Hall–Kier alpha value is -2.32. The SMILES string of the molecule is Cc1nc(S[C@H](C)C(=O)NCc2ccc3c(c2)OCO3)c2c(C)c(C)sc2n1. The molecule has 3 heterocycles. The summed E-state index contributed by atoms with van der Waals surface area (Å²) in [5.74, 6) is 2.15. The second-order valence-corrected chi connectivity index (χ2v) is 9.24. The van der Waals surface area contributed by atoms with Gasteiger partial charge in [0.25, 0.3) is 0 Å². The van der Waals surface area contributed by atoms with Crippen molar-refractivity contribution in [1.82, 2.24) is 15.3 Å². The number of thiophene rings is 1. The van der Waals surface area contributed by atoms with E-state index in [2.05, 4.69) is 29.1 Å². The van der Waals surface area contributed by atoms with E-state index in [0.29, 0.717) is 6.54 Å². The molecule has 1 amide bonds. The van der Waals surface area contributed by atoms with Crippen molar-refractivity contribution in [2.45, 2.75) is 44.5 Å². The van der Waals surface area contributed by atoms with Gasteiger partial charge in [-0.3, -0.25) is 4.79 Å². The molecule has 0 bridgehead atoms. The first-order valence-corrected chi connectivity index (χ1v) is 10.7. The number of hydrogen-bond acceptors (Lipinski definition) is 7. The zero-order chi connectivity index (χ0) is 19.8. The van der Waals surface area contributed by atoms with E-state index in [1.54, 1.807) is 11.3 Å². The Kier molecular flexibility index (Phi) is 5.16. The Bertz CT molecular complexity index is 1060. The molecule has 0 saturated carbocycles. The number of nitrogens with one attached hydrogen (secondary N) is 1. The van der Waals surface area contributed by atoms with Gasteiger partial charge >= 0.3 is 0 Å². The monoisotopic (exact) mass is 415 g/mol. The molecule has 146 valence electrons. The number of carbonyl (C=O) groups is 1. The summed E-state index contributed by atoms with van der Waals surface area (Å²) in [5, 5.41) is 4.66. The Morgan fingerprint density at radius 3 is 2.86 bits per heavy atom. The van der Waals surface area contributed by atoms with Crippen LogP contribution in [0.5, 0.6) is 11.5 Å². The van der Waals surface area contributed by atoms with Crippen LogP contribution >= 0.6 is 23.1 Å². The third kappa shape index (κ3) is 3.66. The molecule has 0 aliphatic carbocycles. The average molecular weight is 416 g/mol. The number of amides is 1. The lowest BCUT2D eigenvalue weighted by molar-refractivity contribution is -0.120. The van der Waals surface area contributed by atoms with Gasteiger partial charge < -0.3 is 14.8 Å². The lowest BCUT2D eigenvalue weighted by Gasteiger charge is -2.13. The minimum absolute atomic E-state index is 0.0308. The third-order valence-electron chi connectivity index (χ3n) is 4.67. The van der Waals surface area contributed by atoms with E-state index in [1.807, 2.05) is 32.0 Å². The van der Waals surface area contributed by atoms with E-state index >= 15 is 0 Å². The highest BCUT2D eigenvalue weighted by atomic mass is 32.2. The zero-order valence-corrected chi connectivity index (χ0v) is 17.8. The predicted octanol–water partition coefficient (Wildman–Crippen LogP) is 4.14. The molecule has 1 aromatic carbocycles. The fourth-order valence-corrected chi connectivity index (χ4v) is 5.22. The number of thioether (sulfide) groups is 1.